The number of nitrogens with zero attached hydrogens (tertiary/aromatic N) is 3. The Morgan fingerprint density at radius 2 is 1.83 bits per heavy atom. The second-order valence-corrected chi connectivity index (χ2v) is 4.60. The first-order chi connectivity index (χ1) is 8.56. The van der Waals surface area contributed by atoms with Crippen LogP contribution in [0.25, 0.3) is 0 Å². The predicted molar refractivity (Wildman–Crippen MR) is 75.6 cm³/mol. The first-order valence-corrected chi connectivity index (χ1v) is 5.90. The summed E-state index contributed by atoms with van der Waals surface area (Å²) in [7, 11) is 3.92. The van der Waals surface area contributed by atoms with E-state index < -0.39 is 0 Å². The molecule has 94 valence electrons. The summed E-state index contributed by atoms with van der Waals surface area (Å²) in [6.07, 6.45) is 1.57. The van der Waals surface area contributed by atoms with Gasteiger partial charge in [0.25, 0.3) is 0 Å². The van der Waals surface area contributed by atoms with Gasteiger partial charge in [0.2, 0.25) is 0 Å². The monoisotopic (exact) mass is 242 g/mol. The van der Waals surface area contributed by atoms with E-state index in [1.54, 1.807) is 6.33 Å². The van der Waals surface area contributed by atoms with Gasteiger partial charge >= 0.3 is 0 Å². The number of benzene rings is 1. The first-order valence-electron chi connectivity index (χ1n) is 5.90. The van der Waals surface area contributed by atoms with Crippen molar-refractivity contribution in [3.63, 3.8) is 0 Å². The van der Waals surface area contributed by atoms with Crippen molar-refractivity contribution in [1.29, 1.82) is 0 Å². The van der Waals surface area contributed by atoms with E-state index in [2.05, 4.69) is 47.3 Å². The van der Waals surface area contributed by atoms with Crippen molar-refractivity contribution in [2.45, 2.75) is 13.8 Å². The van der Waals surface area contributed by atoms with Crippen LogP contribution in [0.4, 0.5) is 17.3 Å². The highest BCUT2D eigenvalue weighted by Gasteiger charge is 2.03. The van der Waals surface area contributed by atoms with Gasteiger partial charge in [-0.3, -0.25) is 0 Å². The third kappa shape index (κ3) is 2.77. The molecule has 4 nitrogen and oxygen atoms in total. The third-order valence-corrected chi connectivity index (χ3v) is 2.76. The molecule has 2 rings (SSSR count). The molecule has 0 amide bonds. The largest absolute Gasteiger partial charge is 0.363 e. The van der Waals surface area contributed by atoms with Gasteiger partial charge in [0.05, 0.1) is 0 Å². The molecule has 1 heterocycles. The Kier molecular flexibility index (Phi) is 3.46. The number of hydrogen-bond acceptors (Lipinski definition) is 4. The van der Waals surface area contributed by atoms with Crippen LogP contribution in [0.2, 0.25) is 0 Å². The summed E-state index contributed by atoms with van der Waals surface area (Å²) in [6.45, 7) is 4.18. The van der Waals surface area contributed by atoms with Crippen molar-refractivity contribution in [3.8, 4) is 0 Å². The normalized spacial score (nSPS) is 10.2. The summed E-state index contributed by atoms with van der Waals surface area (Å²) in [5, 5.41) is 3.32. The number of rotatable bonds is 3. The van der Waals surface area contributed by atoms with Crippen LogP contribution in [-0.2, 0) is 0 Å². The Morgan fingerprint density at radius 3 is 2.50 bits per heavy atom. The van der Waals surface area contributed by atoms with Crippen LogP contribution in [0.15, 0.2) is 30.6 Å². The molecule has 0 bridgehead atoms. The predicted octanol–water partition coefficient (Wildman–Crippen LogP) is 2.90. The highest BCUT2D eigenvalue weighted by atomic mass is 15.2. The summed E-state index contributed by atoms with van der Waals surface area (Å²) < 4.78 is 0. The van der Waals surface area contributed by atoms with E-state index in [0.717, 1.165) is 17.3 Å². The lowest BCUT2D eigenvalue weighted by atomic mass is 10.1. The minimum Gasteiger partial charge on any atom is -0.363 e. The molecule has 4 heteroatoms. The Morgan fingerprint density at radius 1 is 1.06 bits per heavy atom. The lowest BCUT2D eigenvalue weighted by Crippen LogP contribution is -2.11. The average molecular weight is 242 g/mol. The van der Waals surface area contributed by atoms with Crippen molar-refractivity contribution in [2.75, 3.05) is 24.3 Å². The Hall–Kier alpha value is -2.10. The zero-order valence-electron chi connectivity index (χ0n) is 11.2. The van der Waals surface area contributed by atoms with Crippen molar-refractivity contribution >= 4 is 17.3 Å². The highest BCUT2D eigenvalue weighted by molar-refractivity contribution is 5.62. The van der Waals surface area contributed by atoms with E-state index in [0.29, 0.717) is 0 Å². The van der Waals surface area contributed by atoms with E-state index in [4.69, 9.17) is 0 Å². The fourth-order valence-corrected chi connectivity index (χ4v) is 1.75. The quantitative estimate of drug-likeness (QED) is 0.898. The lowest BCUT2D eigenvalue weighted by molar-refractivity contribution is 1.04. The molecule has 0 aliphatic rings. The van der Waals surface area contributed by atoms with Crippen LogP contribution in [0.1, 0.15) is 11.1 Å². The molecule has 0 aliphatic heterocycles. The SMILES string of the molecule is Cc1ccc(Nc2cc(N(C)C)ncn2)c(C)c1. The van der Waals surface area contributed by atoms with Gasteiger partial charge in [-0.15, -0.1) is 0 Å². The Balaban J connectivity index is 2.25. The van der Waals surface area contributed by atoms with Crippen LogP contribution in [0.5, 0.6) is 0 Å². The molecule has 0 saturated carbocycles. The zero-order valence-corrected chi connectivity index (χ0v) is 11.2. The van der Waals surface area contributed by atoms with Gasteiger partial charge in [-0.05, 0) is 25.5 Å². The maximum Gasteiger partial charge on any atom is 0.135 e. The number of nitrogens with one attached hydrogen (secondary N) is 1. The van der Waals surface area contributed by atoms with Gasteiger partial charge in [-0.1, -0.05) is 17.7 Å². The topological polar surface area (TPSA) is 41.0 Å². The summed E-state index contributed by atoms with van der Waals surface area (Å²) in [6, 6.07) is 8.24. The summed E-state index contributed by atoms with van der Waals surface area (Å²) in [4.78, 5) is 10.4. The Bertz CT molecular complexity index is 549. The average Bonchev–Trinajstić information content (AvgIpc) is 2.33. The zero-order chi connectivity index (χ0) is 13.1. The summed E-state index contributed by atoms with van der Waals surface area (Å²) in [5.74, 6) is 1.69. The fraction of sp³-hybridized carbons (Fsp3) is 0.286. The van der Waals surface area contributed by atoms with Crippen molar-refractivity contribution in [2.24, 2.45) is 0 Å². The molecule has 0 saturated heterocycles. The van der Waals surface area contributed by atoms with Gasteiger partial charge in [-0.25, -0.2) is 9.97 Å². The molecular formula is C14H18N4. The summed E-state index contributed by atoms with van der Waals surface area (Å²) >= 11 is 0. The lowest BCUT2D eigenvalue weighted by Gasteiger charge is -2.13. The molecule has 0 atom stereocenters. The number of anilines is 3. The molecule has 0 fully saturated rings. The fourth-order valence-electron chi connectivity index (χ4n) is 1.75. The third-order valence-electron chi connectivity index (χ3n) is 2.76. The van der Waals surface area contributed by atoms with Crippen molar-refractivity contribution in [1.82, 2.24) is 9.97 Å². The molecule has 2 aromatic rings. The molecule has 0 unspecified atom stereocenters. The summed E-state index contributed by atoms with van der Waals surface area (Å²) in [5.41, 5.74) is 3.54. The molecule has 0 radical (unpaired) electrons. The molecule has 0 spiro atoms. The molecule has 1 aromatic heterocycles. The van der Waals surface area contributed by atoms with E-state index in [1.807, 2.05) is 25.1 Å². The smallest absolute Gasteiger partial charge is 0.135 e. The van der Waals surface area contributed by atoms with Crippen LogP contribution in [0.3, 0.4) is 0 Å². The molecular weight excluding hydrogens is 224 g/mol. The van der Waals surface area contributed by atoms with E-state index in [9.17, 15) is 0 Å². The maximum atomic E-state index is 4.23. The standard InChI is InChI=1S/C14H18N4/c1-10-5-6-12(11(2)7-10)17-13-8-14(18(3)4)16-9-15-13/h5-9H,1-4H3,(H,15,16,17). The van der Waals surface area contributed by atoms with Crippen LogP contribution in [0, 0.1) is 13.8 Å². The van der Waals surface area contributed by atoms with Gasteiger partial charge in [0.1, 0.15) is 18.0 Å². The minimum absolute atomic E-state index is 0.806. The van der Waals surface area contributed by atoms with Crippen molar-refractivity contribution < 1.29 is 0 Å². The second kappa shape index (κ2) is 5.04. The van der Waals surface area contributed by atoms with E-state index in [1.165, 1.54) is 11.1 Å². The first kappa shape index (κ1) is 12.4. The van der Waals surface area contributed by atoms with Crippen molar-refractivity contribution in [3.05, 3.63) is 41.7 Å². The molecule has 1 N–H and O–H groups in total. The van der Waals surface area contributed by atoms with Gasteiger partial charge in [0, 0.05) is 25.8 Å². The Labute approximate surface area is 108 Å². The molecule has 1 aromatic carbocycles. The van der Waals surface area contributed by atoms with E-state index >= 15 is 0 Å². The maximum absolute atomic E-state index is 4.23. The van der Waals surface area contributed by atoms with Gasteiger partial charge in [0.15, 0.2) is 0 Å². The van der Waals surface area contributed by atoms with Crippen LogP contribution < -0.4 is 10.2 Å². The number of hydrogen-bond donors (Lipinski definition) is 1. The molecule has 0 aliphatic carbocycles. The van der Waals surface area contributed by atoms with Gasteiger partial charge < -0.3 is 10.2 Å². The number of aromatic nitrogens is 2. The number of aryl methyl sites for hydroxylation is 2. The van der Waals surface area contributed by atoms with Gasteiger partial charge in [-0.2, -0.15) is 0 Å². The highest BCUT2D eigenvalue weighted by Crippen LogP contribution is 2.21. The molecule has 18 heavy (non-hydrogen) atoms. The minimum atomic E-state index is 0.806. The van der Waals surface area contributed by atoms with Crippen LogP contribution in [-0.4, -0.2) is 24.1 Å². The van der Waals surface area contributed by atoms with E-state index in [-0.39, 0.29) is 0 Å². The second-order valence-electron chi connectivity index (χ2n) is 4.60. The van der Waals surface area contributed by atoms with Crippen LogP contribution >= 0.6 is 0 Å².